The molecule has 0 saturated carbocycles. The number of hydrogen-bond donors (Lipinski definition) is 2. The summed E-state index contributed by atoms with van der Waals surface area (Å²) < 4.78 is 0.887. The molecule has 0 spiro atoms. The lowest BCUT2D eigenvalue weighted by molar-refractivity contribution is -0.117. The standard InChI is InChI=1S/C25H32BrN3O2/c1-17-5-10-22(21(26)15-17)28-23(30)16-29-13-11-20(12-14-29)27-24(31)18-6-8-19(9-7-18)25(2,3)4/h5-10,15,20H,11-14,16H2,1-4H3,(H,27,31)(H,28,30). The van der Waals surface area contributed by atoms with Gasteiger partial charge in [-0.1, -0.05) is 39.0 Å². The molecule has 1 aliphatic rings. The van der Waals surface area contributed by atoms with Gasteiger partial charge in [0.1, 0.15) is 0 Å². The van der Waals surface area contributed by atoms with Crippen LogP contribution >= 0.6 is 15.9 Å². The molecule has 31 heavy (non-hydrogen) atoms. The first-order chi connectivity index (χ1) is 14.6. The second kappa shape index (κ2) is 9.96. The number of halogens is 1. The molecule has 0 aromatic heterocycles. The fraction of sp³-hybridized carbons (Fsp3) is 0.440. The highest BCUT2D eigenvalue weighted by Gasteiger charge is 2.23. The molecule has 166 valence electrons. The predicted octanol–water partition coefficient (Wildman–Crippen LogP) is 4.89. The Labute approximate surface area is 193 Å². The van der Waals surface area contributed by atoms with Crippen LogP contribution in [-0.4, -0.2) is 42.4 Å². The molecule has 6 heteroatoms. The summed E-state index contributed by atoms with van der Waals surface area (Å²) >= 11 is 3.50. The van der Waals surface area contributed by atoms with Gasteiger partial charge in [-0.15, -0.1) is 0 Å². The highest BCUT2D eigenvalue weighted by molar-refractivity contribution is 9.10. The lowest BCUT2D eigenvalue weighted by atomic mass is 9.86. The second-order valence-electron chi connectivity index (χ2n) is 9.38. The lowest BCUT2D eigenvalue weighted by Gasteiger charge is -2.32. The zero-order valence-corrected chi connectivity index (χ0v) is 20.4. The van der Waals surface area contributed by atoms with Crippen molar-refractivity contribution in [1.29, 1.82) is 0 Å². The second-order valence-corrected chi connectivity index (χ2v) is 10.2. The number of anilines is 1. The van der Waals surface area contributed by atoms with Gasteiger partial charge in [0.25, 0.3) is 5.91 Å². The minimum Gasteiger partial charge on any atom is -0.349 e. The molecule has 2 amide bonds. The number of carbonyl (C=O) groups excluding carboxylic acids is 2. The van der Waals surface area contributed by atoms with Gasteiger partial charge >= 0.3 is 0 Å². The van der Waals surface area contributed by atoms with E-state index in [-0.39, 0.29) is 23.3 Å². The van der Waals surface area contributed by atoms with Crippen LogP contribution in [0.25, 0.3) is 0 Å². The van der Waals surface area contributed by atoms with E-state index >= 15 is 0 Å². The first kappa shape index (κ1) is 23.5. The number of amides is 2. The number of benzene rings is 2. The molecule has 1 fully saturated rings. The van der Waals surface area contributed by atoms with Crippen molar-refractivity contribution in [2.24, 2.45) is 0 Å². The maximum atomic E-state index is 12.6. The van der Waals surface area contributed by atoms with E-state index in [0.29, 0.717) is 12.1 Å². The lowest BCUT2D eigenvalue weighted by Crippen LogP contribution is -2.46. The van der Waals surface area contributed by atoms with E-state index in [2.05, 4.69) is 52.2 Å². The normalized spacial score (nSPS) is 15.5. The highest BCUT2D eigenvalue weighted by atomic mass is 79.9. The van der Waals surface area contributed by atoms with Crippen molar-refractivity contribution in [1.82, 2.24) is 10.2 Å². The van der Waals surface area contributed by atoms with E-state index in [0.717, 1.165) is 41.7 Å². The maximum Gasteiger partial charge on any atom is 0.251 e. The van der Waals surface area contributed by atoms with Gasteiger partial charge in [0.15, 0.2) is 0 Å². The molecule has 0 atom stereocenters. The molecule has 1 saturated heterocycles. The Morgan fingerprint density at radius 1 is 1.06 bits per heavy atom. The SMILES string of the molecule is Cc1ccc(NC(=O)CN2CCC(NC(=O)c3ccc(C(C)(C)C)cc3)CC2)c(Br)c1. The van der Waals surface area contributed by atoms with Gasteiger partial charge in [0.05, 0.1) is 12.2 Å². The number of rotatable bonds is 5. The topological polar surface area (TPSA) is 61.4 Å². The van der Waals surface area contributed by atoms with Gasteiger partial charge in [-0.3, -0.25) is 14.5 Å². The summed E-state index contributed by atoms with van der Waals surface area (Å²) in [6, 6.07) is 13.9. The highest BCUT2D eigenvalue weighted by Crippen LogP contribution is 2.24. The van der Waals surface area contributed by atoms with Crippen LogP contribution in [0.4, 0.5) is 5.69 Å². The van der Waals surface area contributed by atoms with Gasteiger partial charge in [0.2, 0.25) is 5.91 Å². The number of aryl methyl sites for hydroxylation is 1. The molecule has 0 radical (unpaired) electrons. The summed E-state index contributed by atoms with van der Waals surface area (Å²) in [5.74, 6) is -0.0492. The summed E-state index contributed by atoms with van der Waals surface area (Å²) in [7, 11) is 0. The van der Waals surface area contributed by atoms with Crippen LogP contribution in [0.5, 0.6) is 0 Å². The van der Waals surface area contributed by atoms with Gasteiger partial charge in [-0.25, -0.2) is 0 Å². The molecule has 3 rings (SSSR count). The summed E-state index contributed by atoms with van der Waals surface area (Å²) in [5, 5.41) is 6.11. The van der Waals surface area contributed by atoms with Crippen LogP contribution in [0.2, 0.25) is 0 Å². The van der Waals surface area contributed by atoms with E-state index in [1.807, 2.05) is 49.4 Å². The van der Waals surface area contributed by atoms with E-state index in [4.69, 9.17) is 0 Å². The van der Waals surface area contributed by atoms with Crippen LogP contribution in [0.15, 0.2) is 46.9 Å². The molecule has 1 aliphatic heterocycles. The summed E-state index contributed by atoms with van der Waals surface area (Å²) in [5.41, 5.74) is 3.91. The van der Waals surface area contributed by atoms with Crippen LogP contribution in [0, 0.1) is 6.92 Å². The maximum absolute atomic E-state index is 12.6. The summed E-state index contributed by atoms with van der Waals surface area (Å²) in [4.78, 5) is 27.2. The number of piperidine rings is 1. The van der Waals surface area contributed by atoms with Crippen molar-refractivity contribution in [3.63, 3.8) is 0 Å². The number of carbonyl (C=O) groups is 2. The quantitative estimate of drug-likeness (QED) is 0.633. The fourth-order valence-corrected chi connectivity index (χ4v) is 4.33. The van der Waals surface area contributed by atoms with Crippen molar-refractivity contribution < 1.29 is 9.59 Å². The minimum absolute atomic E-state index is 0.0222. The smallest absolute Gasteiger partial charge is 0.251 e. The van der Waals surface area contributed by atoms with E-state index in [1.165, 1.54) is 5.56 Å². The molecule has 2 N–H and O–H groups in total. The van der Waals surface area contributed by atoms with Crippen LogP contribution in [0.1, 0.15) is 55.1 Å². The molecule has 1 heterocycles. The summed E-state index contributed by atoms with van der Waals surface area (Å²) in [6.45, 7) is 10.4. The molecule has 0 unspecified atom stereocenters. The fourth-order valence-electron chi connectivity index (χ4n) is 3.74. The van der Waals surface area contributed by atoms with Crippen molar-refractivity contribution >= 4 is 33.4 Å². The van der Waals surface area contributed by atoms with E-state index in [9.17, 15) is 9.59 Å². The third kappa shape index (κ3) is 6.65. The third-order valence-electron chi connectivity index (χ3n) is 5.70. The number of nitrogens with zero attached hydrogens (tertiary/aromatic N) is 1. The van der Waals surface area contributed by atoms with Crippen LogP contribution < -0.4 is 10.6 Å². The van der Waals surface area contributed by atoms with Gasteiger partial charge in [0, 0.05) is 29.2 Å². The largest absolute Gasteiger partial charge is 0.349 e. The van der Waals surface area contributed by atoms with Gasteiger partial charge in [-0.2, -0.15) is 0 Å². The zero-order valence-electron chi connectivity index (χ0n) is 18.8. The Balaban J connectivity index is 1.45. The first-order valence-electron chi connectivity index (χ1n) is 10.8. The Hall–Kier alpha value is -2.18. The van der Waals surface area contributed by atoms with Gasteiger partial charge in [-0.05, 0) is 76.5 Å². The monoisotopic (exact) mass is 485 g/mol. The Morgan fingerprint density at radius 3 is 2.29 bits per heavy atom. The number of nitrogens with one attached hydrogen (secondary N) is 2. The Kier molecular flexibility index (Phi) is 7.55. The van der Waals surface area contributed by atoms with Crippen LogP contribution in [-0.2, 0) is 10.2 Å². The molecule has 0 bridgehead atoms. The molecular formula is C25H32BrN3O2. The summed E-state index contributed by atoms with van der Waals surface area (Å²) in [6.07, 6.45) is 1.68. The Morgan fingerprint density at radius 2 is 1.71 bits per heavy atom. The van der Waals surface area contributed by atoms with Crippen molar-refractivity contribution in [3.8, 4) is 0 Å². The average molecular weight is 486 g/mol. The minimum atomic E-state index is -0.0270. The average Bonchev–Trinajstić information content (AvgIpc) is 2.71. The van der Waals surface area contributed by atoms with Crippen LogP contribution in [0.3, 0.4) is 0 Å². The van der Waals surface area contributed by atoms with E-state index in [1.54, 1.807) is 0 Å². The van der Waals surface area contributed by atoms with Crippen molar-refractivity contribution in [3.05, 3.63) is 63.6 Å². The number of hydrogen-bond acceptors (Lipinski definition) is 3. The molecular weight excluding hydrogens is 454 g/mol. The first-order valence-corrected chi connectivity index (χ1v) is 11.6. The predicted molar refractivity (Wildman–Crippen MR) is 130 cm³/mol. The molecule has 5 nitrogen and oxygen atoms in total. The number of likely N-dealkylation sites (tertiary alicyclic amines) is 1. The van der Waals surface area contributed by atoms with Gasteiger partial charge < -0.3 is 10.6 Å². The molecule has 2 aromatic carbocycles. The Bertz CT molecular complexity index is 927. The van der Waals surface area contributed by atoms with E-state index < -0.39 is 0 Å². The molecule has 0 aliphatic carbocycles. The van der Waals surface area contributed by atoms with Crippen molar-refractivity contribution in [2.75, 3.05) is 25.0 Å². The third-order valence-corrected chi connectivity index (χ3v) is 6.36. The van der Waals surface area contributed by atoms with Crippen molar-refractivity contribution in [2.45, 2.75) is 52.0 Å². The molecule has 2 aromatic rings. The zero-order chi connectivity index (χ0) is 22.6.